The summed E-state index contributed by atoms with van der Waals surface area (Å²) in [5.74, 6) is -0.349. The minimum absolute atomic E-state index is 0.422. The predicted octanol–water partition coefficient (Wildman–Crippen LogP) is 1.62. The molecule has 4 nitrogen and oxygen atoms in total. The first kappa shape index (κ1) is 11.1. The Kier molecular flexibility index (Phi) is 2.96. The molecule has 0 aliphatic carbocycles. The monoisotopic (exact) mass is 283 g/mol. The first-order chi connectivity index (χ1) is 7.69. The molecule has 16 heavy (non-hydrogen) atoms. The first-order valence-corrected chi connectivity index (χ1v) is 5.91. The number of methoxy groups -OCH3 is 1. The summed E-state index contributed by atoms with van der Waals surface area (Å²) in [5.41, 5.74) is 1.08. The molecule has 0 bridgehead atoms. The number of benzene rings is 1. The fourth-order valence-electron chi connectivity index (χ4n) is 1.71. The van der Waals surface area contributed by atoms with Gasteiger partial charge in [-0.2, -0.15) is 0 Å². The number of Topliss-reactive ketones (excluding diaryl/α,β-unsaturated/α-hetero) is 1. The molecule has 0 aromatic heterocycles. The van der Waals surface area contributed by atoms with Crippen LogP contribution in [0.25, 0.3) is 0 Å². The number of amides is 1. The van der Waals surface area contributed by atoms with Gasteiger partial charge >= 0.3 is 0 Å². The zero-order valence-corrected chi connectivity index (χ0v) is 10.3. The predicted molar refractivity (Wildman–Crippen MR) is 63.5 cm³/mol. The third kappa shape index (κ3) is 1.61. The zero-order chi connectivity index (χ0) is 11.7. The van der Waals surface area contributed by atoms with Crippen molar-refractivity contribution in [3.8, 4) is 5.75 Å². The van der Waals surface area contributed by atoms with Gasteiger partial charge in [-0.15, -0.1) is 0 Å². The Hall–Kier alpha value is -1.36. The van der Waals surface area contributed by atoms with E-state index in [1.807, 2.05) is 0 Å². The molecule has 0 spiro atoms. The van der Waals surface area contributed by atoms with E-state index in [0.717, 1.165) is 0 Å². The lowest BCUT2D eigenvalue weighted by Gasteiger charge is -2.14. The van der Waals surface area contributed by atoms with Crippen molar-refractivity contribution in [2.75, 3.05) is 23.9 Å². The van der Waals surface area contributed by atoms with Crippen LogP contribution in [0.2, 0.25) is 0 Å². The summed E-state index contributed by atoms with van der Waals surface area (Å²) in [4.78, 5) is 24.8. The highest BCUT2D eigenvalue weighted by atomic mass is 79.9. The lowest BCUT2D eigenvalue weighted by Crippen LogP contribution is -2.31. The van der Waals surface area contributed by atoms with Gasteiger partial charge in [-0.3, -0.25) is 9.59 Å². The number of carbonyl (C=O) groups excluding carboxylic acids is 2. The molecule has 0 atom stereocenters. The third-order valence-corrected chi connectivity index (χ3v) is 2.84. The second-order valence-corrected chi connectivity index (χ2v) is 4.15. The van der Waals surface area contributed by atoms with E-state index in [2.05, 4.69) is 15.9 Å². The topological polar surface area (TPSA) is 46.6 Å². The molecule has 1 heterocycles. The van der Waals surface area contributed by atoms with E-state index in [0.29, 0.717) is 28.9 Å². The smallest absolute Gasteiger partial charge is 0.299 e. The van der Waals surface area contributed by atoms with Crippen LogP contribution in [0.4, 0.5) is 5.69 Å². The van der Waals surface area contributed by atoms with Crippen molar-refractivity contribution >= 4 is 33.3 Å². The fourth-order valence-corrected chi connectivity index (χ4v) is 2.07. The molecule has 0 N–H and O–H groups in total. The van der Waals surface area contributed by atoms with Crippen molar-refractivity contribution in [2.24, 2.45) is 0 Å². The van der Waals surface area contributed by atoms with Crippen LogP contribution in [0.15, 0.2) is 18.2 Å². The van der Waals surface area contributed by atoms with Gasteiger partial charge in [0, 0.05) is 11.9 Å². The average molecular weight is 284 g/mol. The Balaban J connectivity index is 2.47. The van der Waals surface area contributed by atoms with Crippen LogP contribution in [0.3, 0.4) is 0 Å². The van der Waals surface area contributed by atoms with E-state index in [-0.39, 0.29) is 0 Å². The van der Waals surface area contributed by atoms with Gasteiger partial charge in [0.15, 0.2) is 0 Å². The summed E-state index contributed by atoms with van der Waals surface area (Å²) in [6.45, 7) is 0.490. The molecule has 0 saturated heterocycles. The standard InChI is InChI=1S/C11H10BrNO3/c1-16-7-2-3-9-8(6-7)10(14)11(15)13(9)5-4-12/h2-3,6H,4-5H2,1H3. The molecular formula is C11H10BrNO3. The van der Waals surface area contributed by atoms with Crippen molar-refractivity contribution < 1.29 is 14.3 Å². The number of ketones is 1. The molecule has 5 heteroatoms. The van der Waals surface area contributed by atoms with Gasteiger partial charge in [-0.05, 0) is 18.2 Å². The van der Waals surface area contributed by atoms with Crippen LogP contribution < -0.4 is 9.64 Å². The van der Waals surface area contributed by atoms with Gasteiger partial charge in [0.1, 0.15) is 5.75 Å². The Labute approximate surface area is 101 Å². The van der Waals surface area contributed by atoms with Crippen LogP contribution in [0.5, 0.6) is 5.75 Å². The molecule has 0 unspecified atom stereocenters. The second-order valence-electron chi connectivity index (χ2n) is 3.36. The lowest BCUT2D eigenvalue weighted by atomic mass is 10.1. The highest BCUT2D eigenvalue weighted by Gasteiger charge is 2.35. The Morgan fingerprint density at radius 3 is 2.75 bits per heavy atom. The number of hydrogen-bond acceptors (Lipinski definition) is 3. The molecule has 1 aromatic rings. The number of anilines is 1. The highest BCUT2D eigenvalue weighted by molar-refractivity contribution is 9.09. The summed E-state index contributed by atoms with van der Waals surface area (Å²) >= 11 is 3.26. The number of hydrogen-bond donors (Lipinski definition) is 0. The van der Waals surface area contributed by atoms with E-state index in [1.165, 1.54) is 12.0 Å². The Morgan fingerprint density at radius 1 is 1.38 bits per heavy atom. The van der Waals surface area contributed by atoms with Crippen molar-refractivity contribution in [3.05, 3.63) is 23.8 Å². The summed E-state index contributed by atoms with van der Waals surface area (Å²) < 4.78 is 5.03. The number of nitrogens with zero attached hydrogens (tertiary/aromatic N) is 1. The number of carbonyl (C=O) groups is 2. The van der Waals surface area contributed by atoms with Crippen LogP contribution in [0, 0.1) is 0 Å². The molecule has 0 fully saturated rings. The molecule has 1 amide bonds. The van der Waals surface area contributed by atoms with Gasteiger partial charge in [0.25, 0.3) is 11.7 Å². The van der Waals surface area contributed by atoms with Crippen molar-refractivity contribution in [1.29, 1.82) is 0 Å². The summed E-state index contributed by atoms with van der Waals surface area (Å²) in [7, 11) is 1.53. The van der Waals surface area contributed by atoms with E-state index < -0.39 is 11.7 Å². The average Bonchev–Trinajstić information content (AvgIpc) is 2.54. The molecule has 1 aliphatic rings. The van der Waals surface area contributed by atoms with Crippen LogP contribution in [0.1, 0.15) is 10.4 Å². The van der Waals surface area contributed by atoms with Crippen molar-refractivity contribution in [1.82, 2.24) is 0 Å². The second kappa shape index (κ2) is 4.25. The van der Waals surface area contributed by atoms with Crippen LogP contribution in [-0.4, -0.2) is 30.7 Å². The van der Waals surface area contributed by atoms with Crippen molar-refractivity contribution in [2.45, 2.75) is 0 Å². The quantitative estimate of drug-likeness (QED) is 0.626. The fraction of sp³-hybridized carbons (Fsp3) is 0.273. The minimum atomic E-state index is -0.470. The molecule has 1 aliphatic heterocycles. The normalized spacial score (nSPS) is 14.2. The Bertz CT molecular complexity index is 459. The minimum Gasteiger partial charge on any atom is -0.497 e. The zero-order valence-electron chi connectivity index (χ0n) is 8.70. The van der Waals surface area contributed by atoms with Gasteiger partial charge in [0.05, 0.1) is 18.4 Å². The molecule has 84 valence electrons. The Morgan fingerprint density at radius 2 is 2.12 bits per heavy atom. The SMILES string of the molecule is COc1ccc2c(c1)C(=O)C(=O)N2CCBr. The molecule has 2 rings (SSSR count). The lowest BCUT2D eigenvalue weighted by molar-refractivity contribution is -0.114. The number of halogens is 1. The van der Waals surface area contributed by atoms with Gasteiger partial charge in [-0.1, -0.05) is 15.9 Å². The summed E-state index contributed by atoms with van der Waals surface area (Å²) in [6, 6.07) is 5.08. The highest BCUT2D eigenvalue weighted by Crippen LogP contribution is 2.31. The summed E-state index contributed by atoms with van der Waals surface area (Å²) in [6.07, 6.45) is 0. The maximum absolute atomic E-state index is 11.7. The maximum Gasteiger partial charge on any atom is 0.299 e. The number of ether oxygens (including phenoxy) is 1. The molecule has 0 saturated carbocycles. The number of rotatable bonds is 3. The van der Waals surface area contributed by atoms with Crippen LogP contribution >= 0.6 is 15.9 Å². The van der Waals surface area contributed by atoms with Crippen LogP contribution in [-0.2, 0) is 4.79 Å². The number of alkyl halides is 1. The van der Waals surface area contributed by atoms with E-state index in [4.69, 9.17) is 4.74 Å². The first-order valence-electron chi connectivity index (χ1n) is 4.79. The largest absolute Gasteiger partial charge is 0.497 e. The van der Waals surface area contributed by atoms with Gasteiger partial charge in [-0.25, -0.2) is 0 Å². The van der Waals surface area contributed by atoms with Gasteiger partial charge in [0.2, 0.25) is 0 Å². The van der Waals surface area contributed by atoms with Crippen molar-refractivity contribution in [3.63, 3.8) is 0 Å². The molecular weight excluding hydrogens is 274 g/mol. The van der Waals surface area contributed by atoms with E-state index in [1.54, 1.807) is 18.2 Å². The summed E-state index contributed by atoms with van der Waals surface area (Å²) in [5, 5.41) is 0.636. The third-order valence-electron chi connectivity index (χ3n) is 2.49. The maximum atomic E-state index is 11.7. The van der Waals surface area contributed by atoms with E-state index >= 15 is 0 Å². The van der Waals surface area contributed by atoms with Gasteiger partial charge < -0.3 is 9.64 Å². The van der Waals surface area contributed by atoms with E-state index in [9.17, 15) is 9.59 Å². The molecule has 1 aromatic carbocycles. The number of fused-ring (bicyclic) bond motifs is 1. The molecule has 0 radical (unpaired) electrons.